The summed E-state index contributed by atoms with van der Waals surface area (Å²) in [5.41, 5.74) is 1.48. The van der Waals surface area contributed by atoms with E-state index >= 15 is 0 Å². The zero-order valence-corrected chi connectivity index (χ0v) is 9.93. The van der Waals surface area contributed by atoms with Gasteiger partial charge in [0, 0.05) is 12.1 Å². The predicted molar refractivity (Wildman–Crippen MR) is 62.1 cm³/mol. The van der Waals surface area contributed by atoms with E-state index in [-0.39, 0.29) is 6.79 Å². The smallest absolute Gasteiger partial charge is 0.231 e. The molecule has 1 saturated carbocycles. The standard InChI is InChI=1S/C12H14ClNO2/c1-12(2-3-12)14-6-8-4-9(13)11-10(5-8)15-7-16-11/h4-5,14H,2-3,6-7H2,1H3. The molecule has 86 valence electrons. The van der Waals surface area contributed by atoms with E-state index in [1.54, 1.807) is 0 Å². The number of halogens is 1. The molecule has 4 heteroatoms. The van der Waals surface area contributed by atoms with Gasteiger partial charge < -0.3 is 14.8 Å². The van der Waals surface area contributed by atoms with E-state index in [2.05, 4.69) is 12.2 Å². The number of nitrogens with one attached hydrogen (secondary N) is 1. The lowest BCUT2D eigenvalue weighted by Gasteiger charge is -2.12. The number of ether oxygens (including phenoxy) is 2. The Hall–Kier alpha value is -0.930. The van der Waals surface area contributed by atoms with Gasteiger partial charge in [0.05, 0.1) is 5.02 Å². The summed E-state index contributed by atoms with van der Waals surface area (Å²) in [6, 6.07) is 3.93. The third kappa shape index (κ3) is 1.85. The van der Waals surface area contributed by atoms with E-state index in [0.29, 0.717) is 16.3 Å². The number of hydrogen-bond donors (Lipinski definition) is 1. The Morgan fingerprint density at radius 3 is 2.94 bits per heavy atom. The lowest BCUT2D eigenvalue weighted by molar-refractivity contribution is 0.174. The molecule has 1 heterocycles. The zero-order valence-electron chi connectivity index (χ0n) is 9.18. The molecule has 16 heavy (non-hydrogen) atoms. The van der Waals surface area contributed by atoms with Crippen LogP contribution in [0.25, 0.3) is 0 Å². The SMILES string of the molecule is CC1(NCc2cc(Cl)c3c(c2)OCO3)CC1. The van der Waals surface area contributed by atoms with E-state index < -0.39 is 0 Å². The van der Waals surface area contributed by atoms with E-state index in [1.165, 1.54) is 12.8 Å². The van der Waals surface area contributed by atoms with Gasteiger partial charge in [0.2, 0.25) is 6.79 Å². The van der Waals surface area contributed by atoms with Crippen molar-refractivity contribution < 1.29 is 9.47 Å². The van der Waals surface area contributed by atoms with Crippen LogP contribution in [0, 0.1) is 0 Å². The second-order valence-corrected chi connectivity index (χ2v) is 5.13. The molecule has 1 aromatic rings. The highest BCUT2D eigenvalue weighted by molar-refractivity contribution is 6.32. The van der Waals surface area contributed by atoms with Crippen molar-refractivity contribution in [3.63, 3.8) is 0 Å². The number of rotatable bonds is 3. The maximum absolute atomic E-state index is 6.11. The fourth-order valence-electron chi connectivity index (χ4n) is 1.80. The van der Waals surface area contributed by atoms with Gasteiger partial charge in [-0.25, -0.2) is 0 Å². The quantitative estimate of drug-likeness (QED) is 0.880. The molecule has 0 radical (unpaired) electrons. The minimum Gasteiger partial charge on any atom is -0.454 e. The molecule has 0 atom stereocenters. The fourth-order valence-corrected chi connectivity index (χ4v) is 2.09. The van der Waals surface area contributed by atoms with Crippen molar-refractivity contribution in [3.8, 4) is 11.5 Å². The summed E-state index contributed by atoms with van der Waals surface area (Å²) in [5, 5.41) is 4.14. The van der Waals surface area contributed by atoms with Gasteiger partial charge in [0.15, 0.2) is 11.5 Å². The Balaban J connectivity index is 1.77. The molecular weight excluding hydrogens is 226 g/mol. The van der Waals surface area contributed by atoms with Gasteiger partial charge in [-0.1, -0.05) is 11.6 Å². The van der Waals surface area contributed by atoms with Gasteiger partial charge in [0.25, 0.3) is 0 Å². The lowest BCUT2D eigenvalue weighted by atomic mass is 10.2. The highest BCUT2D eigenvalue weighted by Crippen LogP contribution is 2.40. The van der Waals surface area contributed by atoms with Crippen molar-refractivity contribution in [2.24, 2.45) is 0 Å². The third-order valence-electron chi connectivity index (χ3n) is 3.21. The molecule has 2 aliphatic rings. The summed E-state index contributed by atoms with van der Waals surface area (Å²) >= 11 is 6.11. The van der Waals surface area contributed by atoms with Crippen LogP contribution < -0.4 is 14.8 Å². The van der Waals surface area contributed by atoms with E-state index in [0.717, 1.165) is 17.9 Å². The van der Waals surface area contributed by atoms with Crippen LogP contribution in [0.5, 0.6) is 11.5 Å². The van der Waals surface area contributed by atoms with Gasteiger partial charge in [-0.15, -0.1) is 0 Å². The first kappa shape index (κ1) is 10.2. The van der Waals surface area contributed by atoms with Crippen molar-refractivity contribution >= 4 is 11.6 Å². The monoisotopic (exact) mass is 239 g/mol. The predicted octanol–water partition coefficient (Wildman–Crippen LogP) is 2.71. The van der Waals surface area contributed by atoms with Gasteiger partial charge in [-0.3, -0.25) is 0 Å². The van der Waals surface area contributed by atoms with Crippen LogP contribution in [0.15, 0.2) is 12.1 Å². The first-order valence-corrected chi connectivity index (χ1v) is 5.87. The Bertz CT molecular complexity index is 429. The number of benzene rings is 1. The summed E-state index contributed by atoms with van der Waals surface area (Å²) in [6.45, 7) is 3.33. The van der Waals surface area contributed by atoms with Gasteiger partial charge >= 0.3 is 0 Å². The number of fused-ring (bicyclic) bond motifs is 1. The van der Waals surface area contributed by atoms with Crippen LogP contribution in [-0.4, -0.2) is 12.3 Å². The van der Waals surface area contributed by atoms with Crippen LogP contribution in [0.2, 0.25) is 5.02 Å². The minimum absolute atomic E-state index is 0.268. The Morgan fingerprint density at radius 1 is 1.38 bits per heavy atom. The Kier molecular flexibility index (Phi) is 2.26. The summed E-state index contributed by atoms with van der Waals surface area (Å²) in [5.74, 6) is 1.42. The Labute approximate surface area is 99.7 Å². The van der Waals surface area contributed by atoms with E-state index in [1.807, 2.05) is 12.1 Å². The average Bonchev–Trinajstić information content (AvgIpc) is 2.79. The van der Waals surface area contributed by atoms with Crippen molar-refractivity contribution in [2.75, 3.05) is 6.79 Å². The summed E-state index contributed by atoms with van der Waals surface area (Å²) in [7, 11) is 0. The van der Waals surface area contributed by atoms with Crippen molar-refractivity contribution in [2.45, 2.75) is 31.8 Å². The third-order valence-corrected chi connectivity index (χ3v) is 3.49. The molecular formula is C12H14ClNO2. The molecule has 3 rings (SSSR count). The summed E-state index contributed by atoms with van der Waals surface area (Å²) in [4.78, 5) is 0. The van der Waals surface area contributed by atoms with Crippen LogP contribution in [0.3, 0.4) is 0 Å². The zero-order chi connectivity index (χ0) is 11.2. The van der Waals surface area contributed by atoms with Crippen molar-refractivity contribution in [1.82, 2.24) is 5.32 Å². The fraction of sp³-hybridized carbons (Fsp3) is 0.500. The molecule has 0 spiro atoms. The molecule has 1 N–H and O–H groups in total. The van der Waals surface area contributed by atoms with E-state index in [4.69, 9.17) is 21.1 Å². The highest BCUT2D eigenvalue weighted by atomic mass is 35.5. The normalized spacial score (nSPS) is 19.9. The van der Waals surface area contributed by atoms with Crippen LogP contribution in [0.4, 0.5) is 0 Å². The average molecular weight is 240 g/mol. The number of hydrogen-bond acceptors (Lipinski definition) is 3. The molecule has 0 saturated heterocycles. The lowest BCUT2D eigenvalue weighted by Crippen LogP contribution is -2.26. The first-order chi connectivity index (χ1) is 7.66. The Morgan fingerprint density at radius 2 is 2.19 bits per heavy atom. The van der Waals surface area contributed by atoms with Crippen LogP contribution >= 0.6 is 11.6 Å². The summed E-state index contributed by atoms with van der Waals surface area (Å²) in [6.07, 6.45) is 2.51. The molecule has 0 bridgehead atoms. The van der Waals surface area contributed by atoms with Gasteiger partial charge in [-0.2, -0.15) is 0 Å². The second kappa shape index (κ2) is 3.54. The maximum Gasteiger partial charge on any atom is 0.231 e. The highest BCUT2D eigenvalue weighted by Gasteiger charge is 2.36. The van der Waals surface area contributed by atoms with Crippen LogP contribution in [-0.2, 0) is 6.54 Å². The van der Waals surface area contributed by atoms with Crippen molar-refractivity contribution in [3.05, 3.63) is 22.7 Å². The minimum atomic E-state index is 0.268. The molecule has 1 aromatic carbocycles. The molecule has 1 fully saturated rings. The van der Waals surface area contributed by atoms with E-state index in [9.17, 15) is 0 Å². The first-order valence-electron chi connectivity index (χ1n) is 5.49. The molecule has 1 aliphatic carbocycles. The maximum atomic E-state index is 6.11. The largest absolute Gasteiger partial charge is 0.454 e. The van der Waals surface area contributed by atoms with Gasteiger partial charge in [-0.05, 0) is 37.5 Å². The van der Waals surface area contributed by atoms with Crippen LogP contribution in [0.1, 0.15) is 25.3 Å². The molecule has 3 nitrogen and oxygen atoms in total. The summed E-state index contributed by atoms with van der Waals surface area (Å²) < 4.78 is 10.6. The molecule has 0 aromatic heterocycles. The van der Waals surface area contributed by atoms with Crippen molar-refractivity contribution in [1.29, 1.82) is 0 Å². The second-order valence-electron chi connectivity index (χ2n) is 4.73. The van der Waals surface area contributed by atoms with Gasteiger partial charge in [0.1, 0.15) is 0 Å². The molecule has 0 unspecified atom stereocenters. The molecule has 1 aliphatic heterocycles. The molecule has 0 amide bonds. The topological polar surface area (TPSA) is 30.5 Å².